The zero-order valence-electron chi connectivity index (χ0n) is 18.4. The average Bonchev–Trinajstić information content (AvgIpc) is 2.77. The zero-order valence-corrected chi connectivity index (χ0v) is 18.4. The van der Waals surface area contributed by atoms with Crippen molar-refractivity contribution >= 4 is 17.3 Å². The van der Waals surface area contributed by atoms with Gasteiger partial charge in [0.15, 0.2) is 0 Å². The van der Waals surface area contributed by atoms with Gasteiger partial charge in [0.1, 0.15) is 5.69 Å². The first-order valence-corrected chi connectivity index (χ1v) is 11.3. The van der Waals surface area contributed by atoms with E-state index in [0.29, 0.717) is 38.5 Å². The van der Waals surface area contributed by atoms with Crippen molar-refractivity contribution in [1.29, 1.82) is 0 Å². The minimum atomic E-state index is -4.64. The molecule has 0 bridgehead atoms. The van der Waals surface area contributed by atoms with Gasteiger partial charge in [0, 0.05) is 31.6 Å². The van der Waals surface area contributed by atoms with Gasteiger partial charge < -0.3 is 15.1 Å². The first kappa shape index (κ1) is 24.3. The molecule has 0 spiro atoms. The van der Waals surface area contributed by atoms with Crippen LogP contribution in [-0.4, -0.2) is 55.0 Å². The van der Waals surface area contributed by atoms with Crippen molar-refractivity contribution in [3.63, 3.8) is 0 Å². The van der Waals surface area contributed by atoms with Crippen LogP contribution in [0.1, 0.15) is 44.6 Å². The van der Waals surface area contributed by atoms with Crippen molar-refractivity contribution < 1.29 is 22.9 Å². The second kappa shape index (κ2) is 10.5. The molecule has 0 aromatic heterocycles. The average molecular weight is 457 g/mol. The summed E-state index contributed by atoms with van der Waals surface area (Å²) < 4.78 is 38.7. The lowest BCUT2D eigenvalue weighted by molar-refractivity contribution is -0.384. The van der Waals surface area contributed by atoms with E-state index in [2.05, 4.69) is 17.1 Å². The summed E-state index contributed by atoms with van der Waals surface area (Å²) in [6, 6.07) is 2.60. The molecule has 2 aliphatic heterocycles. The van der Waals surface area contributed by atoms with Crippen molar-refractivity contribution in [3.8, 4) is 0 Å². The van der Waals surface area contributed by atoms with Crippen LogP contribution < -0.4 is 10.2 Å². The van der Waals surface area contributed by atoms with E-state index in [9.17, 15) is 28.1 Å². The van der Waals surface area contributed by atoms with Gasteiger partial charge in [-0.15, -0.1) is 0 Å². The summed E-state index contributed by atoms with van der Waals surface area (Å²) in [5.41, 5.74) is -1.44. The number of rotatable bonds is 7. The van der Waals surface area contributed by atoms with Crippen molar-refractivity contribution in [3.05, 3.63) is 33.9 Å². The normalized spacial score (nSPS) is 19.2. The Hall–Kier alpha value is -2.36. The molecule has 2 aliphatic rings. The molecule has 1 aromatic rings. The summed E-state index contributed by atoms with van der Waals surface area (Å²) in [6.45, 7) is 6.87. The first-order valence-electron chi connectivity index (χ1n) is 11.3. The Bertz CT molecular complexity index is 802. The van der Waals surface area contributed by atoms with Gasteiger partial charge in [-0.1, -0.05) is 6.92 Å². The van der Waals surface area contributed by atoms with E-state index >= 15 is 0 Å². The molecule has 2 saturated heterocycles. The van der Waals surface area contributed by atoms with Crippen LogP contribution in [0.4, 0.5) is 24.5 Å². The smallest absolute Gasteiger partial charge is 0.366 e. The maximum Gasteiger partial charge on any atom is 0.416 e. The molecular weight excluding hydrogens is 425 g/mol. The Morgan fingerprint density at radius 1 is 1.16 bits per heavy atom. The molecule has 0 aliphatic carbocycles. The highest BCUT2D eigenvalue weighted by molar-refractivity contribution is 5.79. The Morgan fingerprint density at radius 2 is 1.81 bits per heavy atom. The lowest BCUT2D eigenvalue weighted by Gasteiger charge is -2.33. The number of carbonyl (C=O) groups excluding carboxylic acids is 1. The van der Waals surface area contributed by atoms with Gasteiger partial charge in [-0.2, -0.15) is 13.2 Å². The number of hydrogen-bond acceptors (Lipinski definition) is 5. The number of amides is 1. The fourth-order valence-electron chi connectivity index (χ4n) is 4.44. The van der Waals surface area contributed by atoms with Crippen LogP contribution in [0, 0.1) is 22.0 Å². The molecule has 0 atom stereocenters. The highest BCUT2D eigenvalue weighted by Crippen LogP contribution is 2.37. The molecule has 1 N–H and O–H groups in total. The number of nitro groups is 1. The molecule has 1 amide bonds. The van der Waals surface area contributed by atoms with Gasteiger partial charge in [0.05, 0.1) is 10.5 Å². The van der Waals surface area contributed by atoms with Crippen LogP contribution in [0.25, 0.3) is 0 Å². The Balaban J connectivity index is 1.46. The van der Waals surface area contributed by atoms with Crippen molar-refractivity contribution in [2.24, 2.45) is 11.8 Å². The minimum Gasteiger partial charge on any atom is -0.366 e. The van der Waals surface area contributed by atoms with Gasteiger partial charge in [-0.25, -0.2) is 0 Å². The molecule has 7 nitrogen and oxygen atoms in total. The van der Waals surface area contributed by atoms with Crippen LogP contribution in [0.15, 0.2) is 18.2 Å². The predicted molar refractivity (Wildman–Crippen MR) is 116 cm³/mol. The second-order valence-corrected chi connectivity index (χ2v) is 8.89. The molecule has 32 heavy (non-hydrogen) atoms. The van der Waals surface area contributed by atoms with Crippen molar-refractivity contribution in [2.75, 3.05) is 44.2 Å². The molecule has 10 heteroatoms. The lowest BCUT2D eigenvalue weighted by atomic mass is 9.95. The quantitative estimate of drug-likeness (QED) is 0.380. The SMILES string of the molecule is CC1CCN(CCCNC(=O)C2CCN(c3ccc(C(F)(F)F)cc3[N+](=O)[O-])CC2)CC1. The molecule has 2 heterocycles. The summed E-state index contributed by atoms with van der Waals surface area (Å²) in [7, 11) is 0. The molecule has 0 saturated carbocycles. The molecular formula is C22H31F3N4O3. The maximum atomic E-state index is 12.9. The Morgan fingerprint density at radius 3 is 2.41 bits per heavy atom. The lowest BCUT2D eigenvalue weighted by Crippen LogP contribution is -2.41. The van der Waals surface area contributed by atoms with Crippen molar-refractivity contribution in [2.45, 2.75) is 45.2 Å². The summed E-state index contributed by atoms with van der Waals surface area (Å²) in [6.07, 6.45) is -0.274. The van der Waals surface area contributed by atoms with Gasteiger partial charge >= 0.3 is 6.18 Å². The number of nitrogens with zero attached hydrogens (tertiary/aromatic N) is 3. The number of piperidine rings is 2. The van der Waals surface area contributed by atoms with Crippen molar-refractivity contribution in [1.82, 2.24) is 10.2 Å². The number of halogens is 3. The number of carbonyl (C=O) groups is 1. The van der Waals surface area contributed by atoms with Gasteiger partial charge in [0.25, 0.3) is 5.69 Å². The van der Waals surface area contributed by atoms with Crippen LogP contribution in [0.5, 0.6) is 0 Å². The highest BCUT2D eigenvalue weighted by atomic mass is 19.4. The van der Waals surface area contributed by atoms with Gasteiger partial charge in [-0.05, 0) is 69.8 Å². The van der Waals surface area contributed by atoms with E-state index in [-0.39, 0.29) is 17.5 Å². The van der Waals surface area contributed by atoms with E-state index in [4.69, 9.17) is 0 Å². The monoisotopic (exact) mass is 456 g/mol. The maximum absolute atomic E-state index is 12.9. The predicted octanol–water partition coefficient (Wildman–Crippen LogP) is 4.07. The summed E-state index contributed by atoms with van der Waals surface area (Å²) in [4.78, 5) is 27.2. The topological polar surface area (TPSA) is 78.7 Å². The standard InChI is InChI=1S/C22H31F3N4O3/c1-16-5-11-27(12-6-16)10-2-9-26-21(30)17-7-13-28(14-8-17)19-4-3-18(22(23,24)25)15-20(19)29(31)32/h3-4,15-17H,2,5-14H2,1H3,(H,26,30). The van der Waals surface area contributed by atoms with E-state index in [1.807, 2.05) is 0 Å². The molecule has 3 rings (SSSR count). The van der Waals surface area contributed by atoms with Crippen LogP contribution >= 0.6 is 0 Å². The number of nitrogens with one attached hydrogen (secondary N) is 1. The summed E-state index contributed by atoms with van der Waals surface area (Å²) in [5, 5.41) is 14.3. The summed E-state index contributed by atoms with van der Waals surface area (Å²) in [5.74, 6) is 0.593. The molecule has 2 fully saturated rings. The number of anilines is 1. The fraction of sp³-hybridized carbons (Fsp3) is 0.682. The first-order chi connectivity index (χ1) is 15.1. The number of nitro benzene ring substituents is 1. The van der Waals surface area contributed by atoms with Gasteiger partial charge in [0.2, 0.25) is 5.91 Å². The molecule has 1 aromatic carbocycles. The number of likely N-dealkylation sites (tertiary alicyclic amines) is 1. The highest BCUT2D eigenvalue weighted by Gasteiger charge is 2.34. The van der Waals surface area contributed by atoms with E-state index in [0.717, 1.165) is 44.1 Å². The Labute approximate surface area is 186 Å². The third-order valence-electron chi connectivity index (χ3n) is 6.53. The van der Waals surface area contributed by atoms with E-state index in [1.165, 1.54) is 12.8 Å². The number of benzene rings is 1. The van der Waals surface area contributed by atoms with E-state index in [1.54, 1.807) is 4.90 Å². The second-order valence-electron chi connectivity index (χ2n) is 8.89. The fourth-order valence-corrected chi connectivity index (χ4v) is 4.44. The van der Waals surface area contributed by atoms with Crippen LogP contribution in [0.2, 0.25) is 0 Å². The molecule has 0 radical (unpaired) electrons. The summed E-state index contributed by atoms with van der Waals surface area (Å²) >= 11 is 0. The van der Waals surface area contributed by atoms with E-state index < -0.39 is 22.4 Å². The van der Waals surface area contributed by atoms with Crippen LogP contribution in [0.3, 0.4) is 0 Å². The molecule has 178 valence electrons. The number of hydrogen-bond donors (Lipinski definition) is 1. The van der Waals surface area contributed by atoms with Crippen LogP contribution in [-0.2, 0) is 11.0 Å². The number of alkyl halides is 3. The third kappa shape index (κ3) is 6.34. The molecule has 0 unspecified atom stereocenters. The zero-order chi connectivity index (χ0) is 23.3. The largest absolute Gasteiger partial charge is 0.416 e. The minimum absolute atomic E-state index is 0.0150. The Kier molecular flexibility index (Phi) is 7.97. The van der Waals surface area contributed by atoms with Gasteiger partial charge in [-0.3, -0.25) is 14.9 Å². The third-order valence-corrected chi connectivity index (χ3v) is 6.53.